The number of Topliss-reactive ketones (excluding diaryl/α,β-unsaturated/α-hetero) is 1. The van der Waals surface area contributed by atoms with Gasteiger partial charge >= 0.3 is 0 Å². The fourth-order valence-corrected chi connectivity index (χ4v) is 5.45. The smallest absolute Gasteiger partial charge is 0.289 e. The highest BCUT2D eigenvalue weighted by Crippen LogP contribution is 2.40. The average molecular weight is 437 g/mol. The molecule has 10 heteroatoms. The summed E-state index contributed by atoms with van der Waals surface area (Å²) < 4.78 is 33.3. The topological polar surface area (TPSA) is 107 Å². The van der Waals surface area contributed by atoms with Gasteiger partial charge in [-0.25, -0.2) is 8.42 Å². The summed E-state index contributed by atoms with van der Waals surface area (Å²) in [5.41, 5.74) is -0.649. The average Bonchev–Trinajstić information content (AvgIpc) is 2.68. The number of para-hydroxylation sites is 1. The minimum absolute atomic E-state index is 0.0171. The molecule has 0 aliphatic carbocycles. The standard InChI is InChI=1S/C19H17ClN2O6S/c20-15-6-5-13(11-16(15)22(24)25)29(26,27)21-9-7-19(8-10-21)12-17(23)14-3-1-2-4-18(14)28-19/h1-6,11H,7-10,12H2. The number of nitrogens with zero attached hydrogens (tertiary/aromatic N) is 2. The second-order valence-electron chi connectivity index (χ2n) is 7.16. The van der Waals surface area contributed by atoms with Gasteiger partial charge in [-0.1, -0.05) is 23.7 Å². The van der Waals surface area contributed by atoms with Crippen molar-refractivity contribution in [3.63, 3.8) is 0 Å². The van der Waals surface area contributed by atoms with Gasteiger partial charge < -0.3 is 4.74 Å². The Morgan fingerprint density at radius 1 is 1.14 bits per heavy atom. The highest BCUT2D eigenvalue weighted by molar-refractivity contribution is 7.89. The first-order chi connectivity index (χ1) is 13.7. The normalized spacial score (nSPS) is 18.9. The molecule has 8 nitrogen and oxygen atoms in total. The van der Waals surface area contributed by atoms with Crippen molar-refractivity contribution in [1.82, 2.24) is 4.31 Å². The summed E-state index contributed by atoms with van der Waals surface area (Å²) >= 11 is 5.78. The fraction of sp³-hybridized carbons (Fsp3) is 0.316. The second kappa shape index (κ2) is 7.08. The van der Waals surface area contributed by atoms with Crippen LogP contribution in [0.25, 0.3) is 0 Å². The molecule has 0 saturated carbocycles. The predicted octanol–water partition coefficient (Wildman–Crippen LogP) is 3.44. The van der Waals surface area contributed by atoms with E-state index in [1.54, 1.807) is 24.3 Å². The predicted molar refractivity (Wildman–Crippen MR) is 105 cm³/mol. The van der Waals surface area contributed by atoms with Crippen molar-refractivity contribution in [3.05, 3.63) is 63.2 Å². The summed E-state index contributed by atoms with van der Waals surface area (Å²) in [5, 5.41) is 10.9. The van der Waals surface area contributed by atoms with Crippen LogP contribution >= 0.6 is 11.6 Å². The van der Waals surface area contributed by atoms with Crippen LogP contribution in [0.3, 0.4) is 0 Å². The molecule has 2 aromatic carbocycles. The molecule has 1 fully saturated rings. The molecule has 1 saturated heterocycles. The molecule has 2 aliphatic rings. The molecule has 2 heterocycles. The number of benzene rings is 2. The summed E-state index contributed by atoms with van der Waals surface area (Å²) in [6, 6.07) is 10.5. The lowest BCUT2D eigenvalue weighted by molar-refractivity contribution is -0.384. The van der Waals surface area contributed by atoms with E-state index in [-0.39, 0.29) is 35.2 Å². The minimum atomic E-state index is -3.93. The van der Waals surface area contributed by atoms with E-state index in [2.05, 4.69) is 0 Å². The van der Waals surface area contributed by atoms with Gasteiger partial charge in [0.2, 0.25) is 10.0 Å². The van der Waals surface area contributed by atoms with Crippen molar-refractivity contribution in [1.29, 1.82) is 0 Å². The number of ether oxygens (including phenoxy) is 1. The van der Waals surface area contributed by atoms with E-state index in [0.29, 0.717) is 24.2 Å². The zero-order valence-corrected chi connectivity index (χ0v) is 16.8. The summed E-state index contributed by atoms with van der Waals surface area (Å²) in [4.78, 5) is 22.7. The zero-order chi connectivity index (χ0) is 20.8. The molecule has 0 atom stereocenters. The Bertz CT molecular complexity index is 1110. The maximum Gasteiger partial charge on any atom is 0.289 e. The Morgan fingerprint density at radius 3 is 2.52 bits per heavy atom. The molecule has 152 valence electrons. The Labute approximate surface area is 172 Å². The zero-order valence-electron chi connectivity index (χ0n) is 15.2. The van der Waals surface area contributed by atoms with Gasteiger partial charge in [0.15, 0.2) is 5.78 Å². The van der Waals surface area contributed by atoms with E-state index in [1.165, 1.54) is 16.4 Å². The number of hydrogen-bond donors (Lipinski definition) is 0. The summed E-state index contributed by atoms with van der Waals surface area (Å²) in [5.74, 6) is 0.505. The molecule has 0 aromatic heterocycles. The molecule has 0 bridgehead atoms. The van der Waals surface area contributed by atoms with Crippen molar-refractivity contribution >= 4 is 33.1 Å². The van der Waals surface area contributed by atoms with Crippen LogP contribution in [-0.2, 0) is 10.0 Å². The molecule has 2 aromatic rings. The van der Waals surface area contributed by atoms with E-state index in [9.17, 15) is 23.3 Å². The lowest BCUT2D eigenvalue weighted by Gasteiger charge is -2.43. The molecule has 0 N–H and O–H groups in total. The molecule has 0 amide bonds. The number of halogens is 1. The molecule has 2 aliphatic heterocycles. The first kappa shape index (κ1) is 19.8. The number of sulfonamides is 1. The van der Waals surface area contributed by atoms with E-state index >= 15 is 0 Å². The van der Waals surface area contributed by atoms with Gasteiger partial charge in [0.25, 0.3) is 5.69 Å². The van der Waals surface area contributed by atoms with Crippen molar-refractivity contribution in [3.8, 4) is 5.75 Å². The lowest BCUT2D eigenvalue weighted by Crippen LogP contribution is -2.52. The number of piperidine rings is 1. The lowest BCUT2D eigenvalue weighted by atomic mass is 9.83. The number of nitro groups is 1. The van der Waals surface area contributed by atoms with Gasteiger partial charge in [0, 0.05) is 32.0 Å². The van der Waals surface area contributed by atoms with E-state index < -0.39 is 26.2 Å². The first-order valence-corrected chi connectivity index (χ1v) is 10.8. The fourth-order valence-electron chi connectivity index (χ4n) is 3.80. The van der Waals surface area contributed by atoms with Crippen LogP contribution < -0.4 is 4.74 Å². The SMILES string of the molecule is O=C1CC2(CCN(S(=O)(=O)c3ccc(Cl)c([N+](=O)[O-])c3)CC2)Oc2ccccc21. The van der Waals surface area contributed by atoms with Crippen LogP contribution in [-0.4, -0.2) is 42.1 Å². The van der Waals surface area contributed by atoms with Crippen LogP contribution in [0.15, 0.2) is 47.4 Å². The van der Waals surface area contributed by atoms with Crippen LogP contribution in [0.2, 0.25) is 5.02 Å². The third-order valence-corrected chi connectivity index (χ3v) is 7.60. The van der Waals surface area contributed by atoms with Crippen LogP contribution in [0.5, 0.6) is 5.75 Å². The molecule has 4 rings (SSSR count). The first-order valence-electron chi connectivity index (χ1n) is 8.97. The van der Waals surface area contributed by atoms with Gasteiger partial charge in [-0.2, -0.15) is 4.31 Å². The summed E-state index contributed by atoms with van der Waals surface area (Å²) in [6.07, 6.45) is 0.897. The number of hydrogen-bond acceptors (Lipinski definition) is 6. The van der Waals surface area contributed by atoms with Crippen LogP contribution in [0.4, 0.5) is 5.69 Å². The van der Waals surface area contributed by atoms with Crippen molar-refractivity contribution in [2.24, 2.45) is 0 Å². The van der Waals surface area contributed by atoms with E-state index in [4.69, 9.17) is 16.3 Å². The van der Waals surface area contributed by atoms with E-state index in [1.807, 2.05) is 0 Å². The largest absolute Gasteiger partial charge is 0.486 e. The third-order valence-electron chi connectivity index (χ3n) is 5.38. The maximum atomic E-state index is 13.0. The Morgan fingerprint density at radius 2 is 1.83 bits per heavy atom. The number of rotatable bonds is 3. The molecule has 0 unspecified atom stereocenters. The number of fused-ring (bicyclic) bond motifs is 1. The van der Waals surface area contributed by atoms with Crippen LogP contribution in [0, 0.1) is 10.1 Å². The molecule has 29 heavy (non-hydrogen) atoms. The monoisotopic (exact) mass is 436 g/mol. The molecular formula is C19H17ClN2O6S. The molecular weight excluding hydrogens is 420 g/mol. The van der Waals surface area contributed by atoms with Gasteiger partial charge in [-0.3, -0.25) is 14.9 Å². The van der Waals surface area contributed by atoms with Crippen molar-refractivity contribution in [2.45, 2.75) is 29.8 Å². The quantitative estimate of drug-likeness (QED) is 0.538. The number of carbonyl (C=O) groups is 1. The number of ketones is 1. The second-order valence-corrected chi connectivity index (χ2v) is 9.50. The van der Waals surface area contributed by atoms with Gasteiger partial charge in [-0.15, -0.1) is 0 Å². The maximum absolute atomic E-state index is 13.0. The number of nitro benzene ring substituents is 1. The van der Waals surface area contributed by atoms with E-state index in [0.717, 1.165) is 6.07 Å². The number of carbonyl (C=O) groups excluding carboxylic acids is 1. The van der Waals surface area contributed by atoms with Crippen molar-refractivity contribution < 1.29 is 22.9 Å². The van der Waals surface area contributed by atoms with Gasteiger partial charge in [0.05, 0.1) is 21.8 Å². The van der Waals surface area contributed by atoms with Gasteiger partial charge in [-0.05, 0) is 24.3 Å². The van der Waals surface area contributed by atoms with Gasteiger partial charge in [0.1, 0.15) is 16.4 Å². The third kappa shape index (κ3) is 3.50. The summed E-state index contributed by atoms with van der Waals surface area (Å²) in [6.45, 7) is 0.294. The highest BCUT2D eigenvalue weighted by Gasteiger charge is 2.45. The van der Waals surface area contributed by atoms with Crippen molar-refractivity contribution in [2.75, 3.05) is 13.1 Å². The van der Waals surface area contributed by atoms with Crippen LogP contribution in [0.1, 0.15) is 29.6 Å². The summed E-state index contributed by atoms with van der Waals surface area (Å²) in [7, 11) is -3.93. The minimum Gasteiger partial charge on any atom is -0.486 e. The Balaban J connectivity index is 1.55. The Kier molecular flexibility index (Phi) is 4.84. The molecule has 1 spiro atoms. The molecule has 0 radical (unpaired) electrons. The highest BCUT2D eigenvalue weighted by atomic mass is 35.5. The Hall–Kier alpha value is -2.49.